The van der Waals surface area contributed by atoms with Crippen LogP contribution in [0.25, 0.3) is 0 Å². The summed E-state index contributed by atoms with van der Waals surface area (Å²) in [5.74, 6) is -3.00. The molecule has 1 fully saturated rings. The predicted molar refractivity (Wildman–Crippen MR) is 139 cm³/mol. The van der Waals surface area contributed by atoms with Gasteiger partial charge in [0, 0.05) is 16.8 Å². The topological polar surface area (TPSA) is 183 Å². The van der Waals surface area contributed by atoms with E-state index in [1.165, 1.54) is 30.6 Å². The van der Waals surface area contributed by atoms with Crippen LogP contribution in [0.2, 0.25) is 5.02 Å². The average molecular weight is 612 g/mol. The number of hydrogen-bond donors (Lipinski definition) is 6. The van der Waals surface area contributed by atoms with Gasteiger partial charge in [0.2, 0.25) is 11.7 Å². The monoisotopic (exact) mass is 610 g/mol. The number of ether oxygens (including phenoxy) is 2. The third-order valence-corrected chi connectivity index (χ3v) is 6.46. The third-order valence-electron chi connectivity index (χ3n) is 5.64. The summed E-state index contributed by atoms with van der Waals surface area (Å²) in [4.78, 5) is 45.0. The number of rotatable bonds is 8. The number of aliphatic carboxylic acids is 1. The second kappa shape index (κ2) is 11.9. The zero-order valence-corrected chi connectivity index (χ0v) is 22.1. The highest BCUT2D eigenvalue weighted by Crippen LogP contribution is 2.36. The minimum Gasteiger partial charge on any atom is -0.506 e. The number of carboxylic acid groups (broad SMARTS) is 1. The summed E-state index contributed by atoms with van der Waals surface area (Å²) < 4.78 is 11.4. The average Bonchev–Trinajstić information content (AvgIpc) is 3.34. The van der Waals surface area contributed by atoms with Crippen molar-refractivity contribution in [2.45, 2.75) is 18.2 Å². The van der Waals surface area contributed by atoms with Gasteiger partial charge in [0.25, 0.3) is 5.91 Å². The number of pyridine rings is 1. The van der Waals surface area contributed by atoms with Gasteiger partial charge in [-0.1, -0.05) is 11.6 Å². The minimum absolute atomic E-state index is 0.116. The molecule has 15 heteroatoms. The molecular weight excluding hydrogens is 588 g/mol. The minimum atomic E-state index is -1.21. The first-order valence-corrected chi connectivity index (χ1v) is 12.6. The van der Waals surface area contributed by atoms with Crippen molar-refractivity contribution >= 4 is 57.0 Å². The molecule has 1 saturated heterocycles. The molecule has 0 saturated carbocycles. The lowest BCUT2D eigenvalue weighted by Crippen LogP contribution is -2.52. The van der Waals surface area contributed by atoms with Crippen LogP contribution in [0.15, 0.2) is 40.1 Å². The van der Waals surface area contributed by atoms with Crippen LogP contribution < -0.4 is 21.3 Å². The van der Waals surface area contributed by atoms with E-state index in [1.807, 2.05) is 0 Å². The van der Waals surface area contributed by atoms with Crippen molar-refractivity contribution < 1.29 is 34.1 Å². The highest BCUT2D eigenvalue weighted by Gasteiger charge is 2.39. The van der Waals surface area contributed by atoms with E-state index in [9.17, 15) is 24.6 Å². The number of carboxylic acids is 1. The number of carbonyl (C=O) groups is 3. The molecule has 6 N–H and O–H groups in total. The van der Waals surface area contributed by atoms with Gasteiger partial charge >= 0.3 is 5.97 Å². The lowest BCUT2D eigenvalue weighted by atomic mass is 10.0. The van der Waals surface area contributed by atoms with Gasteiger partial charge in [-0.25, -0.2) is 4.99 Å². The molecule has 2 aromatic rings. The maximum Gasteiger partial charge on any atom is 0.305 e. The molecule has 0 aliphatic carbocycles. The van der Waals surface area contributed by atoms with E-state index >= 15 is 0 Å². The Morgan fingerprint density at radius 1 is 1.21 bits per heavy atom. The second-order valence-electron chi connectivity index (χ2n) is 8.44. The third kappa shape index (κ3) is 6.89. The van der Waals surface area contributed by atoms with Gasteiger partial charge in [0.1, 0.15) is 5.75 Å². The molecule has 2 amide bonds. The Balaban J connectivity index is 1.34. The Morgan fingerprint density at radius 3 is 2.66 bits per heavy atom. The lowest BCUT2D eigenvalue weighted by Gasteiger charge is -2.30. The molecule has 13 nitrogen and oxygen atoms in total. The Bertz CT molecular complexity index is 1270. The molecule has 1 aromatic heterocycles. The number of amides is 2. The number of benzene rings is 1. The number of anilines is 1. The molecular formula is C23H24BrClN6O7. The fourth-order valence-corrected chi connectivity index (χ4v) is 4.68. The number of carbonyl (C=O) groups excluding carboxylic acids is 2. The van der Waals surface area contributed by atoms with Crippen LogP contribution >= 0.6 is 27.5 Å². The van der Waals surface area contributed by atoms with E-state index in [1.54, 1.807) is 0 Å². The van der Waals surface area contributed by atoms with Crippen molar-refractivity contribution in [3.8, 4) is 5.75 Å². The Hall–Kier alpha value is -3.46. The van der Waals surface area contributed by atoms with Crippen LogP contribution in [-0.2, 0) is 19.1 Å². The van der Waals surface area contributed by atoms with Gasteiger partial charge in [0.15, 0.2) is 5.96 Å². The molecule has 0 bridgehead atoms. The number of hydrogen-bond acceptors (Lipinski definition) is 10. The zero-order valence-electron chi connectivity index (χ0n) is 19.8. The highest BCUT2D eigenvalue weighted by molar-refractivity contribution is 9.10. The fraction of sp³-hybridized carbons (Fsp3) is 0.348. The first-order chi connectivity index (χ1) is 18.1. The van der Waals surface area contributed by atoms with Crippen molar-refractivity contribution in [2.75, 3.05) is 38.2 Å². The Labute approximate surface area is 230 Å². The number of halogens is 2. The van der Waals surface area contributed by atoms with Gasteiger partial charge in [-0.05, 0) is 34.1 Å². The van der Waals surface area contributed by atoms with Crippen LogP contribution in [0.5, 0.6) is 5.75 Å². The number of phenols is 1. The molecule has 4 rings (SSSR count). The van der Waals surface area contributed by atoms with Crippen LogP contribution in [0.4, 0.5) is 5.69 Å². The quantitative estimate of drug-likeness (QED) is 0.255. The molecule has 2 aliphatic rings. The number of phenolic OH excluding ortho intramolecular Hbond substituents is 1. The molecule has 1 spiro atoms. The largest absolute Gasteiger partial charge is 0.506 e. The molecule has 1 atom stereocenters. The first-order valence-electron chi connectivity index (χ1n) is 11.4. The van der Waals surface area contributed by atoms with E-state index < -0.39 is 42.6 Å². The van der Waals surface area contributed by atoms with E-state index in [-0.39, 0.29) is 26.4 Å². The smallest absolute Gasteiger partial charge is 0.305 e. The summed E-state index contributed by atoms with van der Waals surface area (Å²) in [7, 11) is 0. The number of aliphatic imine (C=N–C) groups is 1. The highest BCUT2D eigenvalue weighted by atomic mass is 79.9. The van der Waals surface area contributed by atoms with Crippen molar-refractivity contribution in [2.24, 2.45) is 4.99 Å². The first kappa shape index (κ1) is 27.6. The number of nitrogens with one attached hydrogen (secondary N) is 4. The number of nitrogens with zero attached hydrogens (tertiary/aromatic N) is 2. The summed E-state index contributed by atoms with van der Waals surface area (Å²) in [6.07, 6.45) is 2.32. The zero-order chi connectivity index (χ0) is 27.3. The van der Waals surface area contributed by atoms with Gasteiger partial charge < -0.3 is 41.0 Å². The van der Waals surface area contributed by atoms with Crippen molar-refractivity contribution in [3.05, 3.63) is 51.2 Å². The van der Waals surface area contributed by atoms with Gasteiger partial charge in [-0.3, -0.25) is 19.4 Å². The summed E-state index contributed by atoms with van der Waals surface area (Å²) in [5.41, 5.74) is 0.781. The van der Waals surface area contributed by atoms with Crippen LogP contribution in [0, 0.1) is 0 Å². The predicted octanol–water partition coefficient (Wildman–Crippen LogP) is 1.38. The van der Waals surface area contributed by atoms with Crippen LogP contribution in [0.3, 0.4) is 0 Å². The molecule has 38 heavy (non-hydrogen) atoms. The van der Waals surface area contributed by atoms with Crippen LogP contribution in [0.1, 0.15) is 28.4 Å². The van der Waals surface area contributed by atoms with E-state index in [0.717, 1.165) is 0 Å². The fourth-order valence-electron chi connectivity index (χ4n) is 3.85. The van der Waals surface area contributed by atoms with Crippen LogP contribution in [-0.4, -0.2) is 77.6 Å². The maximum atomic E-state index is 12.6. The van der Waals surface area contributed by atoms with Gasteiger partial charge in [0.05, 0.1) is 67.2 Å². The number of aromatic nitrogens is 1. The lowest BCUT2D eigenvalue weighted by molar-refractivity contribution is -0.144. The molecule has 1 unspecified atom stereocenters. The standard InChI is InChI=1S/C23H24BrClN6O7/c24-16-5-13(25)4-15(20(16)35)17(6-19(33)34)31-18(32)9-27-21(36)12-3-14(8-26-7-12)30-22-28-10-23(11-29-22)37-1-2-38-23/h3-5,7-8,17,35H,1-2,6,9-11H2,(H,27,36)(H,31,32)(H,33,34)(H2,28,29,30). The number of aromatic hydroxyl groups is 1. The van der Waals surface area contributed by atoms with Gasteiger partial charge in [-0.2, -0.15) is 0 Å². The second-order valence-corrected chi connectivity index (χ2v) is 9.73. The van der Waals surface area contributed by atoms with E-state index in [4.69, 9.17) is 21.1 Å². The molecule has 3 heterocycles. The van der Waals surface area contributed by atoms with Crippen molar-refractivity contribution in [1.29, 1.82) is 0 Å². The summed E-state index contributed by atoms with van der Waals surface area (Å²) in [5, 5.41) is 30.9. The van der Waals surface area contributed by atoms with Crippen molar-refractivity contribution in [3.63, 3.8) is 0 Å². The molecule has 2 aliphatic heterocycles. The Kier molecular flexibility index (Phi) is 8.66. The summed E-state index contributed by atoms with van der Waals surface area (Å²) >= 11 is 9.16. The summed E-state index contributed by atoms with van der Waals surface area (Å²) in [6.45, 7) is 1.30. The summed E-state index contributed by atoms with van der Waals surface area (Å²) in [6, 6.07) is 3.23. The van der Waals surface area contributed by atoms with Crippen molar-refractivity contribution in [1.82, 2.24) is 20.9 Å². The SMILES string of the molecule is O=C(O)CC(NC(=O)CNC(=O)c1cncc(NC2=NCC3(CN2)OCCO3)c1)c1cc(Cl)cc(Br)c1O. The molecule has 1 aromatic carbocycles. The maximum absolute atomic E-state index is 12.6. The molecule has 202 valence electrons. The van der Waals surface area contributed by atoms with E-state index in [0.29, 0.717) is 38.0 Å². The van der Waals surface area contributed by atoms with E-state index in [2.05, 4.69) is 47.2 Å². The Morgan fingerprint density at radius 2 is 1.97 bits per heavy atom. The molecule has 0 radical (unpaired) electrons. The normalized spacial score (nSPS) is 16.7. The number of guanidine groups is 1. The van der Waals surface area contributed by atoms with Gasteiger partial charge in [-0.15, -0.1) is 0 Å².